The summed E-state index contributed by atoms with van der Waals surface area (Å²) in [6, 6.07) is 8.40. The van der Waals surface area contributed by atoms with Crippen molar-refractivity contribution < 1.29 is 9.47 Å². The number of hydrogen-bond acceptors (Lipinski definition) is 6. The van der Waals surface area contributed by atoms with Crippen LogP contribution in [0.1, 0.15) is 32.7 Å². The minimum Gasteiger partial charge on any atom is -0.493 e. The highest BCUT2D eigenvalue weighted by Gasteiger charge is 2.18. The first-order chi connectivity index (χ1) is 12.6. The van der Waals surface area contributed by atoms with Crippen LogP contribution in [-0.2, 0) is 13.0 Å². The van der Waals surface area contributed by atoms with E-state index in [1.165, 1.54) is 10.4 Å². The molecule has 0 saturated heterocycles. The second-order valence-corrected chi connectivity index (χ2v) is 8.17. The van der Waals surface area contributed by atoms with Crippen LogP contribution in [0.2, 0.25) is 0 Å². The van der Waals surface area contributed by atoms with Gasteiger partial charge in [-0.15, -0.1) is 11.3 Å². The number of ether oxygens (including phenoxy) is 2. The molecule has 1 unspecified atom stereocenters. The molecule has 0 aliphatic carbocycles. The Morgan fingerprint density at radius 1 is 1.08 bits per heavy atom. The third-order valence-electron chi connectivity index (χ3n) is 4.36. The molecular formula is C20H24N2O2S2. The van der Waals surface area contributed by atoms with Gasteiger partial charge >= 0.3 is 0 Å². The minimum atomic E-state index is 0.190. The maximum atomic E-state index is 5.41. The van der Waals surface area contributed by atoms with Gasteiger partial charge in [0.05, 0.1) is 26.0 Å². The van der Waals surface area contributed by atoms with Gasteiger partial charge in [-0.25, -0.2) is 4.98 Å². The summed E-state index contributed by atoms with van der Waals surface area (Å²) in [6.07, 6.45) is 0.934. The summed E-state index contributed by atoms with van der Waals surface area (Å²) >= 11 is 3.51. The minimum absolute atomic E-state index is 0.190. The largest absolute Gasteiger partial charge is 0.493 e. The van der Waals surface area contributed by atoms with E-state index in [4.69, 9.17) is 14.5 Å². The van der Waals surface area contributed by atoms with Crippen molar-refractivity contribution in [1.82, 2.24) is 10.3 Å². The molecule has 6 heteroatoms. The second kappa shape index (κ2) is 8.66. The third-order valence-corrected chi connectivity index (χ3v) is 6.28. The first-order valence-corrected chi connectivity index (χ1v) is 10.3. The fourth-order valence-corrected chi connectivity index (χ4v) is 4.45. The average Bonchev–Trinajstić information content (AvgIpc) is 3.28. The normalized spacial score (nSPS) is 12.2. The maximum absolute atomic E-state index is 5.41. The molecule has 0 radical (unpaired) electrons. The lowest BCUT2D eigenvalue weighted by Gasteiger charge is -2.17. The van der Waals surface area contributed by atoms with Crippen LogP contribution < -0.4 is 14.8 Å². The van der Waals surface area contributed by atoms with Crippen LogP contribution in [0.15, 0.2) is 35.0 Å². The van der Waals surface area contributed by atoms with Crippen LogP contribution in [0, 0.1) is 13.8 Å². The highest BCUT2D eigenvalue weighted by molar-refractivity contribution is 7.11. The van der Waals surface area contributed by atoms with E-state index in [9.17, 15) is 0 Å². The van der Waals surface area contributed by atoms with Crippen LogP contribution in [0.25, 0.3) is 0 Å². The highest BCUT2D eigenvalue weighted by atomic mass is 32.1. The Bertz CT molecular complexity index is 824. The zero-order valence-electron chi connectivity index (χ0n) is 15.5. The number of benzene rings is 1. The molecule has 0 aliphatic rings. The number of thiazole rings is 1. The predicted octanol–water partition coefficient (Wildman–Crippen LogP) is 4.91. The Kier molecular flexibility index (Phi) is 6.29. The standard InChI is InChI=1S/C20H24N2O2S2/c1-13-14(2)26-20(22-13)17(9-16-7-8-25-12-16)21-11-15-5-6-18(23-3)19(10-15)24-4/h5-8,10,12,17,21H,9,11H2,1-4H3. The fourth-order valence-electron chi connectivity index (χ4n) is 2.77. The van der Waals surface area contributed by atoms with Gasteiger partial charge in [-0.05, 0) is 60.4 Å². The molecule has 138 valence electrons. The Morgan fingerprint density at radius 3 is 2.50 bits per heavy atom. The molecule has 0 aliphatic heterocycles. The van der Waals surface area contributed by atoms with Gasteiger partial charge in [-0.3, -0.25) is 0 Å². The van der Waals surface area contributed by atoms with E-state index in [0.29, 0.717) is 0 Å². The molecule has 2 heterocycles. The van der Waals surface area contributed by atoms with Crippen molar-refractivity contribution in [1.29, 1.82) is 0 Å². The van der Waals surface area contributed by atoms with Crippen LogP contribution in [-0.4, -0.2) is 19.2 Å². The quantitative estimate of drug-likeness (QED) is 0.595. The first-order valence-electron chi connectivity index (χ1n) is 8.50. The van der Waals surface area contributed by atoms with Gasteiger partial charge in [0.15, 0.2) is 11.5 Å². The molecule has 4 nitrogen and oxygen atoms in total. The molecule has 3 rings (SSSR count). The average molecular weight is 389 g/mol. The Balaban J connectivity index is 1.77. The summed E-state index contributed by atoms with van der Waals surface area (Å²) in [5.74, 6) is 1.50. The number of rotatable bonds is 8. The van der Waals surface area contributed by atoms with Gasteiger partial charge in [-0.2, -0.15) is 11.3 Å². The molecule has 3 aromatic rings. The SMILES string of the molecule is COc1ccc(CNC(Cc2ccsc2)c2nc(C)c(C)s2)cc1OC. The first kappa shape index (κ1) is 18.9. The molecule has 0 bridgehead atoms. The van der Waals surface area contributed by atoms with E-state index in [-0.39, 0.29) is 6.04 Å². The van der Waals surface area contributed by atoms with Crippen molar-refractivity contribution in [2.75, 3.05) is 14.2 Å². The van der Waals surface area contributed by atoms with Crippen molar-refractivity contribution in [2.24, 2.45) is 0 Å². The lowest BCUT2D eigenvalue weighted by Crippen LogP contribution is -2.22. The Morgan fingerprint density at radius 2 is 1.88 bits per heavy atom. The van der Waals surface area contributed by atoms with Crippen molar-refractivity contribution >= 4 is 22.7 Å². The molecule has 0 spiro atoms. The smallest absolute Gasteiger partial charge is 0.161 e. The van der Waals surface area contributed by atoms with E-state index in [0.717, 1.165) is 40.7 Å². The van der Waals surface area contributed by atoms with Gasteiger partial charge in [-0.1, -0.05) is 6.07 Å². The molecule has 0 saturated carbocycles. The van der Waals surface area contributed by atoms with E-state index >= 15 is 0 Å². The summed E-state index contributed by atoms with van der Waals surface area (Å²) in [6.45, 7) is 4.95. The van der Waals surface area contributed by atoms with Crippen LogP contribution in [0.3, 0.4) is 0 Å². The van der Waals surface area contributed by atoms with Gasteiger partial charge in [0.25, 0.3) is 0 Å². The predicted molar refractivity (Wildman–Crippen MR) is 109 cm³/mol. The lowest BCUT2D eigenvalue weighted by molar-refractivity contribution is 0.354. The van der Waals surface area contributed by atoms with Crippen molar-refractivity contribution in [3.05, 3.63) is 61.7 Å². The number of hydrogen-bond donors (Lipinski definition) is 1. The molecule has 2 aromatic heterocycles. The molecule has 1 N–H and O–H groups in total. The van der Waals surface area contributed by atoms with Crippen LogP contribution in [0.5, 0.6) is 11.5 Å². The lowest BCUT2D eigenvalue weighted by atomic mass is 10.1. The second-order valence-electron chi connectivity index (χ2n) is 6.15. The number of aromatic nitrogens is 1. The van der Waals surface area contributed by atoms with Crippen LogP contribution >= 0.6 is 22.7 Å². The monoisotopic (exact) mass is 388 g/mol. The number of methoxy groups -OCH3 is 2. The summed E-state index contributed by atoms with van der Waals surface area (Å²) < 4.78 is 10.7. The Labute approximate surface area is 162 Å². The van der Waals surface area contributed by atoms with E-state index in [1.807, 2.05) is 12.1 Å². The van der Waals surface area contributed by atoms with Crippen molar-refractivity contribution in [3.63, 3.8) is 0 Å². The van der Waals surface area contributed by atoms with Crippen LogP contribution in [0.4, 0.5) is 0 Å². The molecule has 0 fully saturated rings. The zero-order valence-corrected chi connectivity index (χ0v) is 17.2. The third kappa shape index (κ3) is 4.44. The molecule has 26 heavy (non-hydrogen) atoms. The summed E-state index contributed by atoms with van der Waals surface area (Å²) in [7, 11) is 3.31. The fraction of sp³-hybridized carbons (Fsp3) is 0.350. The highest BCUT2D eigenvalue weighted by Crippen LogP contribution is 2.29. The number of nitrogens with zero attached hydrogens (tertiary/aromatic N) is 1. The number of aryl methyl sites for hydroxylation is 2. The molecule has 1 atom stereocenters. The molecule has 0 amide bonds. The zero-order chi connectivity index (χ0) is 18.5. The van der Waals surface area contributed by atoms with Gasteiger partial charge < -0.3 is 14.8 Å². The summed E-state index contributed by atoms with van der Waals surface area (Å²) in [5, 5.41) is 9.15. The van der Waals surface area contributed by atoms with E-state index in [1.54, 1.807) is 36.9 Å². The van der Waals surface area contributed by atoms with Gasteiger partial charge in [0.2, 0.25) is 0 Å². The maximum Gasteiger partial charge on any atom is 0.161 e. The number of nitrogens with one attached hydrogen (secondary N) is 1. The van der Waals surface area contributed by atoms with Crippen molar-refractivity contribution in [3.8, 4) is 11.5 Å². The topological polar surface area (TPSA) is 43.4 Å². The summed E-state index contributed by atoms with van der Waals surface area (Å²) in [4.78, 5) is 6.06. The van der Waals surface area contributed by atoms with E-state index < -0.39 is 0 Å². The molecule has 1 aromatic carbocycles. The van der Waals surface area contributed by atoms with Gasteiger partial charge in [0.1, 0.15) is 5.01 Å². The Hall–Kier alpha value is -1.89. The van der Waals surface area contributed by atoms with Crippen molar-refractivity contribution in [2.45, 2.75) is 32.9 Å². The number of thiophene rings is 1. The van der Waals surface area contributed by atoms with E-state index in [2.05, 4.69) is 42.1 Å². The summed E-state index contributed by atoms with van der Waals surface area (Å²) in [5.41, 5.74) is 3.61. The molecular weight excluding hydrogens is 364 g/mol. The van der Waals surface area contributed by atoms with Gasteiger partial charge in [0, 0.05) is 11.4 Å².